The molecule has 4 nitrogen and oxygen atoms in total. The summed E-state index contributed by atoms with van der Waals surface area (Å²) in [6.45, 7) is 7.51. The minimum absolute atomic E-state index is 0.0722. The second-order valence-corrected chi connectivity index (χ2v) is 10.6. The van der Waals surface area contributed by atoms with E-state index in [1.54, 1.807) is 38.1 Å². The van der Waals surface area contributed by atoms with Gasteiger partial charge in [-0.3, -0.25) is 9.59 Å². The Labute approximate surface area is 220 Å². The third-order valence-electron chi connectivity index (χ3n) is 7.73. The average Bonchev–Trinajstić information content (AvgIpc) is 2.93. The van der Waals surface area contributed by atoms with Crippen molar-refractivity contribution in [2.45, 2.75) is 57.9 Å². The van der Waals surface area contributed by atoms with Gasteiger partial charge in [-0.15, -0.1) is 0 Å². The molecule has 3 aromatic carbocycles. The van der Waals surface area contributed by atoms with Gasteiger partial charge in [-0.2, -0.15) is 0 Å². The number of piperidine rings is 1. The van der Waals surface area contributed by atoms with Crippen LogP contribution in [0.3, 0.4) is 0 Å². The number of nitrogens with zero attached hydrogens (tertiary/aromatic N) is 1. The first-order chi connectivity index (χ1) is 17.8. The maximum absolute atomic E-state index is 13.0. The summed E-state index contributed by atoms with van der Waals surface area (Å²) in [5, 5.41) is 9.53. The number of carboxylic acid groups (broad SMARTS) is 1. The lowest BCUT2D eigenvalue weighted by Crippen LogP contribution is -2.38. The van der Waals surface area contributed by atoms with Gasteiger partial charge >= 0.3 is 5.97 Å². The molecule has 1 heterocycles. The van der Waals surface area contributed by atoms with E-state index in [4.69, 9.17) is 0 Å². The largest absolute Gasteiger partial charge is 0.481 e. The summed E-state index contributed by atoms with van der Waals surface area (Å²) in [5.41, 5.74) is 5.61. The highest BCUT2D eigenvalue weighted by molar-refractivity contribution is 5.96. The highest BCUT2D eigenvalue weighted by Gasteiger charge is 2.30. The molecule has 0 aromatic heterocycles. The molecule has 4 rings (SSSR count). The minimum Gasteiger partial charge on any atom is -0.481 e. The summed E-state index contributed by atoms with van der Waals surface area (Å²) < 4.78 is 0. The predicted octanol–water partition coefficient (Wildman–Crippen LogP) is 7.00. The molecular formula is C33H37NO3. The van der Waals surface area contributed by atoms with Crippen LogP contribution >= 0.6 is 0 Å². The van der Waals surface area contributed by atoms with E-state index in [9.17, 15) is 14.7 Å². The maximum Gasteiger partial charge on any atom is 0.313 e. The van der Waals surface area contributed by atoms with Gasteiger partial charge in [-0.25, -0.2) is 0 Å². The number of aliphatic carboxylic acids is 1. The van der Waals surface area contributed by atoms with Gasteiger partial charge in [0, 0.05) is 31.1 Å². The molecule has 1 fully saturated rings. The van der Waals surface area contributed by atoms with Crippen molar-refractivity contribution in [3.63, 3.8) is 0 Å². The van der Waals surface area contributed by atoms with Crippen LogP contribution in [-0.4, -0.2) is 40.9 Å². The fourth-order valence-electron chi connectivity index (χ4n) is 5.14. The zero-order valence-corrected chi connectivity index (χ0v) is 22.1. The molecule has 192 valence electrons. The fraction of sp³-hybridized carbons (Fsp3) is 0.333. The van der Waals surface area contributed by atoms with Crippen LogP contribution in [0, 0.1) is 0 Å². The smallest absolute Gasteiger partial charge is 0.313 e. The Hall–Kier alpha value is -3.50. The normalized spacial score (nSPS) is 15.3. The first kappa shape index (κ1) is 26.6. The van der Waals surface area contributed by atoms with Crippen molar-refractivity contribution in [1.29, 1.82) is 0 Å². The summed E-state index contributed by atoms with van der Waals surface area (Å²) in [6, 6.07) is 28.7. The van der Waals surface area contributed by atoms with Crippen LogP contribution in [0.15, 0.2) is 90.5 Å². The fourth-order valence-corrected chi connectivity index (χ4v) is 5.14. The molecule has 1 aliphatic rings. The second-order valence-electron chi connectivity index (χ2n) is 10.6. The van der Waals surface area contributed by atoms with Gasteiger partial charge in [0.05, 0.1) is 5.41 Å². The van der Waals surface area contributed by atoms with Crippen molar-refractivity contribution in [3.8, 4) is 0 Å². The summed E-state index contributed by atoms with van der Waals surface area (Å²) in [5.74, 6) is -0.824. The van der Waals surface area contributed by atoms with Gasteiger partial charge in [-0.05, 0) is 68.4 Å². The Bertz CT molecular complexity index is 1210. The van der Waals surface area contributed by atoms with Crippen LogP contribution in [0.5, 0.6) is 0 Å². The van der Waals surface area contributed by atoms with Crippen LogP contribution in [0.1, 0.15) is 73.5 Å². The molecule has 4 heteroatoms. The van der Waals surface area contributed by atoms with Crippen molar-refractivity contribution in [1.82, 2.24) is 4.90 Å². The number of likely N-dealkylation sites (tertiary alicyclic amines) is 1. The summed E-state index contributed by atoms with van der Waals surface area (Å²) >= 11 is 0. The van der Waals surface area contributed by atoms with E-state index in [2.05, 4.69) is 72.5 Å². The predicted molar refractivity (Wildman–Crippen MR) is 150 cm³/mol. The van der Waals surface area contributed by atoms with Crippen molar-refractivity contribution in [2.24, 2.45) is 0 Å². The van der Waals surface area contributed by atoms with E-state index < -0.39 is 11.4 Å². The van der Waals surface area contributed by atoms with Crippen molar-refractivity contribution in [2.75, 3.05) is 13.1 Å². The Balaban J connectivity index is 1.40. The van der Waals surface area contributed by atoms with E-state index in [0.29, 0.717) is 23.6 Å². The van der Waals surface area contributed by atoms with Crippen LogP contribution < -0.4 is 0 Å². The van der Waals surface area contributed by atoms with Gasteiger partial charge in [0.15, 0.2) is 5.78 Å². The third-order valence-corrected chi connectivity index (χ3v) is 7.73. The number of ketones is 1. The summed E-state index contributed by atoms with van der Waals surface area (Å²) in [4.78, 5) is 27.1. The van der Waals surface area contributed by atoms with Crippen LogP contribution in [-0.2, 0) is 10.2 Å². The minimum atomic E-state index is -1.03. The van der Waals surface area contributed by atoms with Gasteiger partial charge < -0.3 is 10.0 Å². The molecule has 1 unspecified atom stereocenters. The Morgan fingerprint density at radius 2 is 1.38 bits per heavy atom. The highest BCUT2D eigenvalue weighted by Crippen LogP contribution is 2.33. The highest BCUT2D eigenvalue weighted by atomic mass is 16.4. The van der Waals surface area contributed by atoms with Crippen molar-refractivity contribution >= 4 is 17.3 Å². The van der Waals surface area contributed by atoms with Crippen LogP contribution in [0.4, 0.5) is 0 Å². The maximum atomic E-state index is 13.0. The molecule has 1 aliphatic heterocycles. The van der Waals surface area contributed by atoms with E-state index >= 15 is 0 Å². The number of Topliss-reactive ketones (excluding diaryl/α,β-unsaturated/α-hetero) is 1. The monoisotopic (exact) mass is 495 g/mol. The third kappa shape index (κ3) is 6.26. The standard InChI is InChI=1S/C33H37NO3/c1-24(17-18-30(35)28-15-10-16-29(23-28)33(2,3)32(36)37)34-21-19-27(20-22-34)31(25-11-6-4-7-12-25)26-13-8-5-9-14-26/h4-16,23-24H,17-22H2,1-3H3,(H,36,37). The zero-order chi connectivity index (χ0) is 26.4. The number of hydrogen-bond donors (Lipinski definition) is 1. The molecule has 0 radical (unpaired) electrons. The first-order valence-electron chi connectivity index (χ1n) is 13.2. The molecule has 0 amide bonds. The van der Waals surface area contributed by atoms with Crippen molar-refractivity contribution in [3.05, 3.63) is 113 Å². The first-order valence-corrected chi connectivity index (χ1v) is 13.2. The molecule has 37 heavy (non-hydrogen) atoms. The lowest BCUT2D eigenvalue weighted by molar-refractivity contribution is -0.142. The van der Waals surface area contributed by atoms with E-state index in [1.165, 1.54) is 22.3 Å². The summed E-state index contributed by atoms with van der Waals surface area (Å²) in [6.07, 6.45) is 3.28. The number of carbonyl (C=O) groups is 2. The number of rotatable bonds is 9. The molecular weight excluding hydrogens is 458 g/mol. The molecule has 0 aliphatic carbocycles. The quantitative estimate of drug-likeness (QED) is 0.325. The lowest BCUT2D eigenvalue weighted by atomic mass is 9.83. The van der Waals surface area contributed by atoms with E-state index in [0.717, 1.165) is 32.4 Å². The molecule has 1 atom stereocenters. The Kier molecular flexibility index (Phi) is 8.40. The molecule has 1 saturated heterocycles. The SMILES string of the molecule is CC(CCC(=O)c1cccc(C(C)(C)C(=O)O)c1)N1CCC(=C(c2ccccc2)c2ccccc2)CC1. The van der Waals surface area contributed by atoms with Gasteiger partial charge in [0.2, 0.25) is 0 Å². The Morgan fingerprint density at radius 3 is 1.92 bits per heavy atom. The topological polar surface area (TPSA) is 57.6 Å². The van der Waals surface area contributed by atoms with Crippen LogP contribution in [0.25, 0.3) is 5.57 Å². The number of benzene rings is 3. The number of carboxylic acids is 1. The number of carbonyl (C=O) groups excluding carboxylic acids is 1. The van der Waals surface area contributed by atoms with Crippen LogP contribution in [0.2, 0.25) is 0 Å². The lowest BCUT2D eigenvalue weighted by Gasteiger charge is -2.34. The zero-order valence-electron chi connectivity index (χ0n) is 22.1. The second kappa shape index (κ2) is 11.7. The molecule has 0 spiro atoms. The van der Waals surface area contributed by atoms with Gasteiger partial charge in [0.25, 0.3) is 0 Å². The average molecular weight is 496 g/mol. The molecule has 0 bridgehead atoms. The van der Waals surface area contributed by atoms with Gasteiger partial charge in [-0.1, -0.05) is 84.4 Å². The molecule has 3 aromatic rings. The summed E-state index contributed by atoms with van der Waals surface area (Å²) in [7, 11) is 0. The number of hydrogen-bond acceptors (Lipinski definition) is 3. The Morgan fingerprint density at radius 1 is 0.838 bits per heavy atom. The van der Waals surface area contributed by atoms with Gasteiger partial charge in [0.1, 0.15) is 0 Å². The van der Waals surface area contributed by atoms with E-state index in [1.807, 2.05) is 0 Å². The molecule has 0 saturated carbocycles. The van der Waals surface area contributed by atoms with Crippen molar-refractivity contribution < 1.29 is 14.7 Å². The van der Waals surface area contributed by atoms with E-state index in [-0.39, 0.29) is 5.78 Å². The molecule has 1 N–H and O–H groups in total.